The number of carbonyl (C=O) groups excluding carboxylic acids is 2. The molecule has 34 heavy (non-hydrogen) atoms. The molecule has 1 N–H and O–H groups in total. The zero-order valence-electron chi connectivity index (χ0n) is 17.9. The minimum Gasteiger partial charge on any atom is -0.435 e. The molecule has 3 unspecified atom stereocenters. The molecule has 7 nitrogen and oxygen atoms in total. The van der Waals surface area contributed by atoms with E-state index in [1.165, 1.54) is 24.4 Å². The van der Waals surface area contributed by atoms with E-state index < -0.39 is 24.6 Å². The number of rotatable bonds is 4. The summed E-state index contributed by atoms with van der Waals surface area (Å²) in [5.74, 6) is -0.930. The number of anilines is 1. The molecular formula is C25H20F2N4O3. The molecule has 0 spiro atoms. The highest BCUT2D eigenvalue weighted by molar-refractivity contribution is 6.20. The zero-order valence-corrected chi connectivity index (χ0v) is 17.9. The SMILES string of the molecule is N#Cc1ccc(OC(F)F)cc1C1CCC2C(=O)N(c3cncc4ccccc34)C(=O)NC2C1. The van der Waals surface area contributed by atoms with E-state index in [1.54, 1.807) is 6.20 Å². The van der Waals surface area contributed by atoms with Crippen molar-refractivity contribution >= 4 is 28.4 Å². The van der Waals surface area contributed by atoms with Crippen LogP contribution in [0.25, 0.3) is 10.8 Å². The van der Waals surface area contributed by atoms with Gasteiger partial charge < -0.3 is 10.1 Å². The summed E-state index contributed by atoms with van der Waals surface area (Å²) in [7, 11) is 0. The lowest BCUT2D eigenvalue weighted by Crippen LogP contribution is -2.61. The van der Waals surface area contributed by atoms with Gasteiger partial charge in [0.2, 0.25) is 5.91 Å². The summed E-state index contributed by atoms with van der Waals surface area (Å²) in [5, 5.41) is 14.0. The van der Waals surface area contributed by atoms with Gasteiger partial charge >= 0.3 is 12.6 Å². The second kappa shape index (κ2) is 8.71. The summed E-state index contributed by atoms with van der Waals surface area (Å²) in [5.41, 5.74) is 1.38. The lowest BCUT2D eigenvalue weighted by Gasteiger charge is -2.42. The molecule has 1 aromatic heterocycles. The van der Waals surface area contributed by atoms with Crippen LogP contribution in [0.1, 0.15) is 36.3 Å². The molecule has 3 amide bonds. The van der Waals surface area contributed by atoms with Gasteiger partial charge in [-0.15, -0.1) is 0 Å². The van der Waals surface area contributed by atoms with Crippen molar-refractivity contribution in [1.29, 1.82) is 5.26 Å². The number of carbonyl (C=O) groups is 2. The third-order valence-electron chi connectivity index (χ3n) is 6.60. The number of ether oxygens (including phenoxy) is 1. The van der Waals surface area contributed by atoms with Crippen LogP contribution in [0.4, 0.5) is 19.3 Å². The second-order valence-electron chi connectivity index (χ2n) is 8.47. The molecule has 5 rings (SSSR count). The van der Waals surface area contributed by atoms with Gasteiger partial charge in [0.05, 0.1) is 29.4 Å². The average molecular weight is 462 g/mol. The minimum absolute atomic E-state index is 0.0236. The van der Waals surface area contributed by atoms with Gasteiger partial charge in [-0.25, -0.2) is 9.69 Å². The van der Waals surface area contributed by atoms with Crippen LogP contribution in [0.5, 0.6) is 5.75 Å². The van der Waals surface area contributed by atoms with E-state index in [-0.39, 0.29) is 17.6 Å². The van der Waals surface area contributed by atoms with E-state index in [2.05, 4.69) is 21.1 Å². The van der Waals surface area contributed by atoms with E-state index in [1.807, 2.05) is 24.3 Å². The second-order valence-corrected chi connectivity index (χ2v) is 8.47. The Hall–Kier alpha value is -4.06. The Bertz CT molecular complexity index is 1320. The molecule has 2 fully saturated rings. The first-order chi connectivity index (χ1) is 16.5. The van der Waals surface area contributed by atoms with Crippen LogP contribution in [0.2, 0.25) is 0 Å². The number of pyridine rings is 1. The number of alkyl halides is 2. The van der Waals surface area contributed by atoms with Crippen molar-refractivity contribution < 1.29 is 23.1 Å². The molecule has 1 saturated heterocycles. The van der Waals surface area contributed by atoms with E-state index in [9.17, 15) is 23.6 Å². The molecule has 172 valence electrons. The summed E-state index contributed by atoms with van der Waals surface area (Å²) < 4.78 is 29.9. The fourth-order valence-electron chi connectivity index (χ4n) is 5.06. The van der Waals surface area contributed by atoms with E-state index >= 15 is 0 Å². The molecule has 1 aliphatic carbocycles. The van der Waals surface area contributed by atoms with E-state index in [0.29, 0.717) is 36.1 Å². The predicted molar refractivity (Wildman–Crippen MR) is 119 cm³/mol. The first-order valence-corrected chi connectivity index (χ1v) is 10.9. The summed E-state index contributed by atoms with van der Waals surface area (Å²) in [6.45, 7) is -2.97. The van der Waals surface area contributed by atoms with Crippen molar-refractivity contribution in [2.75, 3.05) is 4.90 Å². The van der Waals surface area contributed by atoms with Crippen LogP contribution in [-0.4, -0.2) is 29.6 Å². The molecule has 1 aliphatic heterocycles. The highest BCUT2D eigenvalue weighted by atomic mass is 19.3. The Balaban J connectivity index is 1.41. The van der Waals surface area contributed by atoms with Gasteiger partial charge in [-0.05, 0) is 48.9 Å². The van der Waals surface area contributed by atoms with Crippen molar-refractivity contribution in [3.8, 4) is 11.8 Å². The Labute approximate surface area is 193 Å². The third-order valence-corrected chi connectivity index (χ3v) is 6.60. The normalized spacial score (nSPS) is 22.3. The van der Waals surface area contributed by atoms with Crippen molar-refractivity contribution in [1.82, 2.24) is 10.3 Å². The number of nitrogens with one attached hydrogen (secondary N) is 1. The monoisotopic (exact) mass is 462 g/mol. The number of urea groups is 1. The highest BCUT2D eigenvalue weighted by Gasteiger charge is 2.45. The van der Waals surface area contributed by atoms with Crippen LogP contribution in [-0.2, 0) is 4.79 Å². The molecule has 2 aliphatic rings. The van der Waals surface area contributed by atoms with Crippen molar-refractivity contribution in [3.63, 3.8) is 0 Å². The lowest BCUT2D eigenvalue weighted by atomic mass is 9.73. The Morgan fingerprint density at radius 2 is 1.97 bits per heavy atom. The molecule has 2 aromatic carbocycles. The van der Waals surface area contributed by atoms with Gasteiger partial charge in [-0.2, -0.15) is 14.0 Å². The van der Waals surface area contributed by atoms with Crippen LogP contribution in [0.3, 0.4) is 0 Å². The van der Waals surface area contributed by atoms with Crippen LogP contribution < -0.4 is 15.0 Å². The van der Waals surface area contributed by atoms with Gasteiger partial charge in [0.15, 0.2) is 0 Å². The molecule has 9 heteroatoms. The maximum atomic E-state index is 13.4. The average Bonchev–Trinajstić information content (AvgIpc) is 2.83. The molecule has 3 atom stereocenters. The van der Waals surface area contributed by atoms with Crippen molar-refractivity contribution in [2.24, 2.45) is 5.92 Å². The number of nitriles is 1. The van der Waals surface area contributed by atoms with Crippen LogP contribution in [0.15, 0.2) is 54.9 Å². The number of nitrogens with zero attached hydrogens (tertiary/aromatic N) is 3. The fourth-order valence-corrected chi connectivity index (χ4v) is 5.06. The summed E-state index contributed by atoms with van der Waals surface area (Å²) in [4.78, 5) is 31.8. The quantitative estimate of drug-likeness (QED) is 0.606. The highest BCUT2D eigenvalue weighted by Crippen LogP contribution is 2.41. The van der Waals surface area contributed by atoms with Gasteiger partial charge in [0, 0.05) is 23.0 Å². The minimum atomic E-state index is -2.97. The van der Waals surface area contributed by atoms with Gasteiger partial charge in [-0.3, -0.25) is 9.78 Å². The third kappa shape index (κ3) is 3.81. The molecule has 0 radical (unpaired) electrons. The smallest absolute Gasteiger partial charge is 0.387 e. The number of halogens is 2. The Morgan fingerprint density at radius 3 is 2.76 bits per heavy atom. The van der Waals surface area contributed by atoms with Crippen LogP contribution in [0, 0.1) is 17.2 Å². The zero-order chi connectivity index (χ0) is 23.8. The first kappa shape index (κ1) is 21.8. The van der Waals surface area contributed by atoms with Gasteiger partial charge in [0.25, 0.3) is 0 Å². The van der Waals surface area contributed by atoms with Crippen molar-refractivity contribution in [3.05, 3.63) is 66.0 Å². The molecule has 0 bridgehead atoms. The largest absolute Gasteiger partial charge is 0.435 e. The standard InChI is InChI=1S/C25H20F2N4O3/c26-24(27)34-17-7-5-15(11-28)20(10-17)14-6-8-19-21(9-14)30-25(33)31(23(19)32)22-13-29-12-16-3-1-2-4-18(16)22/h1-5,7,10,12-14,19,21,24H,6,8-9H2,(H,30,33). The Kier molecular flexibility index (Phi) is 5.57. The topological polar surface area (TPSA) is 95.3 Å². The predicted octanol–water partition coefficient (Wildman–Crippen LogP) is 4.72. The number of fused-ring (bicyclic) bond motifs is 2. The Morgan fingerprint density at radius 1 is 1.15 bits per heavy atom. The lowest BCUT2D eigenvalue weighted by molar-refractivity contribution is -0.124. The summed E-state index contributed by atoms with van der Waals surface area (Å²) in [6.07, 6.45) is 4.65. The van der Waals surface area contributed by atoms with Crippen LogP contribution >= 0.6 is 0 Å². The number of amides is 3. The number of hydrogen-bond donors (Lipinski definition) is 1. The number of imide groups is 1. The number of aromatic nitrogens is 1. The fraction of sp³-hybridized carbons (Fsp3) is 0.280. The maximum absolute atomic E-state index is 13.4. The summed E-state index contributed by atoms with van der Waals surface area (Å²) in [6, 6.07) is 12.8. The molecule has 2 heterocycles. The maximum Gasteiger partial charge on any atom is 0.387 e. The number of hydrogen-bond acceptors (Lipinski definition) is 5. The molecule has 1 saturated carbocycles. The first-order valence-electron chi connectivity index (χ1n) is 10.9. The molecular weight excluding hydrogens is 442 g/mol. The van der Waals surface area contributed by atoms with E-state index in [0.717, 1.165) is 15.7 Å². The summed E-state index contributed by atoms with van der Waals surface area (Å²) >= 11 is 0. The van der Waals surface area contributed by atoms with E-state index in [4.69, 9.17) is 0 Å². The van der Waals surface area contributed by atoms with Gasteiger partial charge in [-0.1, -0.05) is 24.3 Å². The van der Waals surface area contributed by atoms with Gasteiger partial charge in [0.1, 0.15) is 5.75 Å². The van der Waals surface area contributed by atoms with Crippen molar-refractivity contribution in [2.45, 2.75) is 37.8 Å². The number of benzene rings is 2. The molecule has 3 aromatic rings.